The van der Waals surface area contributed by atoms with Gasteiger partial charge in [0, 0.05) is 6.20 Å². The highest BCUT2D eigenvalue weighted by Crippen LogP contribution is 2.29. The molecule has 0 aliphatic heterocycles. The minimum Gasteiger partial charge on any atom is -0.389 e. The average Bonchev–Trinajstić information content (AvgIpc) is 2.76. The van der Waals surface area contributed by atoms with Gasteiger partial charge in [-0.25, -0.2) is 9.07 Å². The number of nitrogens with zero attached hydrogens (tertiary/aromatic N) is 2. The van der Waals surface area contributed by atoms with Crippen LogP contribution in [0.15, 0.2) is 30.6 Å². The summed E-state index contributed by atoms with van der Waals surface area (Å²) >= 11 is 4.69. The quantitative estimate of drug-likeness (QED) is 0.683. The number of benzene rings is 1. The van der Waals surface area contributed by atoms with E-state index in [0.29, 0.717) is 6.20 Å². The fraction of sp³-hybridized carbons (Fsp3) is 0.0909. The molecular formula is C11H7F4N3S. The van der Waals surface area contributed by atoms with E-state index in [-0.39, 0.29) is 16.2 Å². The van der Waals surface area contributed by atoms with E-state index in [2.05, 4.69) is 5.10 Å². The zero-order valence-corrected chi connectivity index (χ0v) is 10.1. The summed E-state index contributed by atoms with van der Waals surface area (Å²) in [4.78, 5) is -0.253. The summed E-state index contributed by atoms with van der Waals surface area (Å²) in [6, 6.07) is 3.83. The molecule has 0 bridgehead atoms. The fourth-order valence-electron chi connectivity index (χ4n) is 1.55. The molecule has 1 aromatic heterocycles. The van der Waals surface area contributed by atoms with Gasteiger partial charge in [-0.2, -0.15) is 18.3 Å². The van der Waals surface area contributed by atoms with Crippen molar-refractivity contribution in [1.29, 1.82) is 0 Å². The van der Waals surface area contributed by atoms with Gasteiger partial charge in [0.05, 0.1) is 23.0 Å². The molecule has 0 saturated carbocycles. The normalized spacial score (nSPS) is 11.6. The Hall–Kier alpha value is -1.96. The molecule has 100 valence electrons. The summed E-state index contributed by atoms with van der Waals surface area (Å²) in [5.41, 5.74) is 4.35. The van der Waals surface area contributed by atoms with Gasteiger partial charge in [-0.15, -0.1) is 0 Å². The minimum absolute atomic E-state index is 0.0583. The lowest BCUT2D eigenvalue weighted by Crippen LogP contribution is -2.16. The van der Waals surface area contributed by atoms with E-state index in [0.717, 1.165) is 16.9 Å². The Morgan fingerprint density at radius 3 is 2.53 bits per heavy atom. The molecular weight excluding hydrogens is 282 g/mol. The van der Waals surface area contributed by atoms with Gasteiger partial charge in [0.2, 0.25) is 0 Å². The molecule has 0 spiro atoms. The lowest BCUT2D eigenvalue weighted by Gasteiger charge is -2.09. The van der Waals surface area contributed by atoms with Crippen LogP contribution in [-0.4, -0.2) is 14.8 Å². The van der Waals surface area contributed by atoms with Crippen LogP contribution in [0, 0.1) is 5.82 Å². The number of halogens is 4. The van der Waals surface area contributed by atoms with Gasteiger partial charge in [0.1, 0.15) is 10.8 Å². The van der Waals surface area contributed by atoms with Crippen molar-refractivity contribution >= 4 is 17.2 Å². The summed E-state index contributed by atoms with van der Waals surface area (Å²) in [7, 11) is 0. The molecule has 19 heavy (non-hydrogen) atoms. The summed E-state index contributed by atoms with van der Waals surface area (Å²) in [6.07, 6.45) is -3.13. The monoisotopic (exact) mass is 289 g/mol. The highest BCUT2D eigenvalue weighted by Gasteiger charge is 2.32. The summed E-state index contributed by atoms with van der Waals surface area (Å²) < 4.78 is 51.9. The second-order valence-electron chi connectivity index (χ2n) is 3.67. The van der Waals surface area contributed by atoms with E-state index in [9.17, 15) is 17.6 Å². The van der Waals surface area contributed by atoms with Gasteiger partial charge < -0.3 is 5.73 Å². The van der Waals surface area contributed by atoms with Crippen LogP contribution >= 0.6 is 12.2 Å². The lowest BCUT2D eigenvalue weighted by atomic mass is 10.1. The zero-order valence-electron chi connectivity index (χ0n) is 9.28. The van der Waals surface area contributed by atoms with Crippen LogP contribution in [0.5, 0.6) is 0 Å². The first-order chi connectivity index (χ1) is 8.80. The van der Waals surface area contributed by atoms with Crippen LogP contribution < -0.4 is 5.73 Å². The predicted molar refractivity (Wildman–Crippen MR) is 64.4 cm³/mol. The maximum Gasteiger partial charge on any atom is 0.419 e. The molecule has 2 rings (SSSR count). The van der Waals surface area contributed by atoms with Gasteiger partial charge in [-0.1, -0.05) is 18.3 Å². The van der Waals surface area contributed by atoms with Crippen molar-refractivity contribution in [2.45, 2.75) is 6.18 Å². The summed E-state index contributed by atoms with van der Waals surface area (Å²) in [6.45, 7) is 0. The van der Waals surface area contributed by atoms with Crippen LogP contribution in [0.1, 0.15) is 11.1 Å². The number of alkyl halides is 3. The van der Waals surface area contributed by atoms with E-state index in [4.69, 9.17) is 18.0 Å². The predicted octanol–water partition coefficient (Wildman–Crippen LogP) is 2.66. The van der Waals surface area contributed by atoms with Gasteiger partial charge in [0.25, 0.3) is 0 Å². The van der Waals surface area contributed by atoms with Crippen molar-refractivity contribution in [3.8, 4) is 5.69 Å². The van der Waals surface area contributed by atoms with E-state index < -0.39 is 17.6 Å². The first-order valence-corrected chi connectivity index (χ1v) is 5.42. The second kappa shape index (κ2) is 4.61. The third kappa shape index (κ3) is 2.58. The summed E-state index contributed by atoms with van der Waals surface area (Å²) in [5.74, 6) is -0.714. The molecule has 0 amide bonds. The molecule has 3 nitrogen and oxygen atoms in total. The van der Waals surface area contributed by atoms with Crippen LogP contribution in [-0.2, 0) is 6.18 Å². The Labute approximate surface area is 110 Å². The van der Waals surface area contributed by atoms with E-state index in [1.54, 1.807) is 0 Å². The second-order valence-corrected chi connectivity index (χ2v) is 4.11. The zero-order chi connectivity index (χ0) is 14.2. The summed E-state index contributed by atoms with van der Waals surface area (Å²) in [5, 5.41) is 3.55. The minimum atomic E-state index is -4.52. The molecule has 0 aliphatic rings. The largest absolute Gasteiger partial charge is 0.419 e. The van der Waals surface area contributed by atoms with E-state index >= 15 is 0 Å². The third-order valence-electron chi connectivity index (χ3n) is 2.39. The first-order valence-electron chi connectivity index (χ1n) is 5.01. The maximum atomic E-state index is 13.6. The fourth-order valence-corrected chi connectivity index (χ4v) is 1.75. The van der Waals surface area contributed by atoms with Crippen molar-refractivity contribution in [2.24, 2.45) is 5.73 Å². The van der Waals surface area contributed by atoms with Crippen molar-refractivity contribution in [3.05, 3.63) is 47.5 Å². The van der Waals surface area contributed by atoms with Gasteiger partial charge in [-0.05, 0) is 12.1 Å². The third-order valence-corrected chi connectivity index (χ3v) is 2.60. The topological polar surface area (TPSA) is 43.8 Å². The van der Waals surface area contributed by atoms with Crippen molar-refractivity contribution < 1.29 is 17.6 Å². The highest BCUT2D eigenvalue weighted by atomic mass is 32.1. The van der Waals surface area contributed by atoms with Crippen LogP contribution in [0.4, 0.5) is 17.6 Å². The number of rotatable bonds is 2. The SMILES string of the molecule is NC(=S)c1c(F)cccc1-n1cc(C(F)(F)F)cn1. The molecule has 1 heterocycles. The van der Waals surface area contributed by atoms with Crippen molar-refractivity contribution in [1.82, 2.24) is 9.78 Å². The lowest BCUT2D eigenvalue weighted by molar-refractivity contribution is -0.137. The van der Waals surface area contributed by atoms with E-state index in [1.807, 2.05) is 0 Å². The number of nitrogens with two attached hydrogens (primary N) is 1. The first kappa shape index (κ1) is 13.5. The molecule has 0 unspecified atom stereocenters. The van der Waals surface area contributed by atoms with Gasteiger partial charge in [0.15, 0.2) is 0 Å². The number of hydrogen-bond donors (Lipinski definition) is 1. The molecule has 1 aromatic carbocycles. The van der Waals surface area contributed by atoms with Crippen LogP contribution in [0.3, 0.4) is 0 Å². The Kier molecular flexibility index (Phi) is 3.27. The smallest absolute Gasteiger partial charge is 0.389 e. The van der Waals surface area contributed by atoms with E-state index in [1.165, 1.54) is 12.1 Å². The Morgan fingerprint density at radius 2 is 2.00 bits per heavy atom. The molecule has 2 N–H and O–H groups in total. The Bertz CT molecular complexity index is 633. The Balaban J connectivity index is 2.57. The van der Waals surface area contributed by atoms with Gasteiger partial charge in [-0.3, -0.25) is 0 Å². The number of aromatic nitrogens is 2. The standard InChI is InChI=1S/C11H7F4N3S/c12-7-2-1-3-8(9(7)10(16)19)18-5-6(4-17-18)11(13,14)15/h1-5H,(H2,16,19). The molecule has 0 saturated heterocycles. The van der Waals surface area contributed by atoms with Crippen LogP contribution in [0.2, 0.25) is 0 Å². The van der Waals surface area contributed by atoms with Crippen molar-refractivity contribution in [2.75, 3.05) is 0 Å². The maximum absolute atomic E-state index is 13.6. The Morgan fingerprint density at radius 1 is 1.32 bits per heavy atom. The number of thiocarbonyl (C=S) groups is 1. The molecule has 0 aliphatic carbocycles. The molecule has 0 fully saturated rings. The van der Waals surface area contributed by atoms with Crippen molar-refractivity contribution in [3.63, 3.8) is 0 Å². The molecule has 0 radical (unpaired) electrons. The highest BCUT2D eigenvalue weighted by molar-refractivity contribution is 7.80. The molecule has 0 atom stereocenters. The van der Waals surface area contributed by atoms with Crippen LogP contribution in [0.25, 0.3) is 5.69 Å². The average molecular weight is 289 g/mol. The molecule has 2 aromatic rings. The number of hydrogen-bond acceptors (Lipinski definition) is 2. The molecule has 8 heteroatoms. The van der Waals surface area contributed by atoms with Gasteiger partial charge >= 0.3 is 6.18 Å².